The third-order valence-electron chi connectivity index (χ3n) is 6.25. The molecular formula is C27H20O8. The van der Waals surface area contributed by atoms with Gasteiger partial charge in [-0.1, -0.05) is 12.1 Å². The summed E-state index contributed by atoms with van der Waals surface area (Å²) in [7, 11) is 1.46. The maximum Gasteiger partial charge on any atom is 0.312 e. The van der Waals surface area contributed by atoms with Crippen LogP contribution in [0.15, 0.2) is 54.3 Å². The van der Waals surface area contributed by atoms with Crippen LogP contribution in [0.5, 0.6) is 34.5 Å². The number of Topliss-reactive ketones (excluding diaryl/α,β-unsaturated/α-hetero) is 1. The number of phenolic OH excluding ortho intramolecular Hbond substituents is 1. The Morgan fingerprint density at radius 1 is 0.943 bits per heavy atom. The second kappa shape index (κ2) is 8.09. The van der Waals surface area contributed by atoms with Gasteiger partial charge < -0.3 is 28.8 Å². The molecule has 0 aliphatic carbocycles. The molecule has 3 aromatic carbocycles. The van der Waals surface area contributed by atoms with Crippen LogP contribution in [0.2, 0.25) is 0 Å². The maximum absolute atomic E-state index is 13.2. The van der Waals surface area contributed by atoms with Crippen molar-refractivity contribution in [3.63, 3.8) is 0 Å². The van der Waals surface area contributed by atoms with Crippen LogP contribution < -0.4 is 23.7 Å². The summed E-state index contributed by atoms with van der Waals surface area (Å²) in [5.74, 6) is 1.21. The molecule has 8 heteroatoms. The molecule has 0 saturated heterocycles. The minimum Gasteiger partial charge on any atom is -0.504 e. The molecule has 6 rings (SSSR count). The van der Waals surface area contributed by atoms with E-state index in [1.54, 1.807) is 48.5 Å². The zero-order valence-electron chi connectivity index (χ0n) is 18.7. The molecule has 35 heavy (non-hydrogen) atoms. The Kier molecular flexibility index (Phi) is 4.88. The molecule has 0 amide bonds. The number of allylic oxidation sites excluding steroid dienone is 1. The fourth-order valence-corrected chi connectivity index (χ4v) is 4.62. The van der Waals surface area contributed by atoms with Gasteiger partial charge in [-0.05, 0) is 53.6 Å². The van der Waals surface area contributed by atoms with Gasteiger partial charge in [0.05, 0.1) is 19.1 Å². The van der Waals surface area contributed by atoms with Crippen LogP contribution in [0.3, 0.4) is 0 Å². The van der Waals surface area contributed by atoms with E-state index in [1.807, 2.05) is 6.07 Å². The highest BCUT2D eigenvalue weighted by molar-refractivity contribution is 6.15. The number of hydrogen-bond acceptors (Lipinski definition) is 8. The quantitative estimate of drug-likeness (QED) is 0.343. The van der Waals surface area contributed by atoms with Gasteiger partial charge in [0.15, 0.2) is 28.8 Å². The number of fused-ring (bicyclic) bond motifs is 4. The zero-order valence-corrected chi connectivity index (χ0v) is 18.7. The number of rotatable bonds is 3. The zero-order chi connectivity index (χ0) is 24.1. The van der Waals surface area contributed by atoms with Crippen LogP contribution in [0, 0.1) is 0 Å². The Balaban J connectivity index is 1.41. The molecule has 0 saturated carbocycles. The second-order valence-electron chi connectivity index (χ2n) is 8.36. The predicted octanol–water partition coefficient (Wildman–Crippen LogP) is 4.23. The minimum atomic E-state index is -0.473. The summed E-state index contributed by atoms with van der Waals surface area (Å²) in [6.45, 7) is 0.953. The molecule has 3 aliphatic rings. The normalized spacial score (nSPS) is 19.0. The van der Waals surface area contributed by atoms with Gasteiger partial charge in [-0.25, -0.2) is 0 Å². The molecule has 3 aromatic rings. The second-order valence-corrected chi connectivity index (χ2v) is 8.36. The van der Waals surface area contributed by atoms with Crippen molar-refractivity contribution in [1.82, 2.24) is 0 Å². The first-order valence-electron chi connectivity index (χ1n) is 11.1. The average Bonchev–Trinajstić information content (AvgIpc) is 3.18. The summed E-state index contributed by atoms with van der Waals surface area (Å²) in [4.78, 5) is 25.6. The lowest BCUT2D eigenvalue weighted by molar-refractivity contribution is -0.135. The molecule has 1 unspecified atom stereocenters. The largest absolute Gasteiger partial charge is 0.504 e. The van der Waals surface area contributed by atoms with Crippen LogP contribution in [0.4, 0.5) is 0 Å². The van der Waals surface area contributed by atoms with Crippen molar-refractivity contribution in [3.8, 4) is 34.5 Å². The number of ketones is 1. The molecule has 0 fully saturated rings. The molecule has 8 nitrogen and oxygen atoms in total. The molecule has 1 atom stereocenters. The molecule has 0 radical (unpaired) electrons. The minimum absolute atomic E-state index is 0.0357. The van der Waals surface area contributed by atoms with Crippen LogP contribution in [0.25, 0.3) is 6.08 Å². The van der Waals surface area contributed by atoms with Crippen molar-refractivity contribution in [2.24, 2.45) is 0 Å². The van der Waals surface area contributed by atoms with Gasteiger partial charge in [0.2, 0.25) is 5.78 Å². The highest BCUT2D eigenvalue weighted by atomic mass is 16.6. The Hall–Kier alpha value is -4.46. The Labute approximate surface area is 200 Å². The van der Waals surface area contributed by atoms with Crippen LogP contribution in [-0.4, -0.2) is 37.2 Å². The van der Waals surface area contributed by atoms with E-state index in [4.69, 9.17) is 23.7 Å². The first kappa shape index (κ1) is 21.1. The van der Waals surface area contributed by atoms with E-state index in [-0.39, 0.29) is 23.7 Å². The molecule has 0 spiro atoms. The van der Waals surface area contributed by atoms with Crippen LogP contribution in [0.1, 0.15) is 39.4 Å². The number of aromatic hydroxyl groups is 1. The third kappa shape index (κ3) is 3.54. The van der Waals surface area contributed by atoms with E-state index in [9.17, 15) is 14.7 Å². The van der Waals surface area contributed by atoms with E-state index in [1.165, 1.54) is 7.11 Å². The fraction of sp³-hybridized carbons (Fsp3) is 0.185. The van der Waals surface area contributed by atoms with Crippen molar-refractivity contribution >= 4 is 17.8 Å². The summed E-state index contributed by atoms with van der Waals surface area (Å²) < 4.78 is 27.9. The summed E-state index contributed by atoms with van der Waals surface area (Å²) in [5.41, 5.74) is 2.37. The van der Waals surface area contributed by atoms with E-state index in [0.717, 1.165) is 5.56 Å². The fourth-order valence-electron chi connectivity index (χ4n) is 4.62. The van der Waals surface area contributed by atoms with Gasteiger partial charge in [0.1, 0.15) is 24.7 Å². The van der Waals surface area contributed by atoms with Gasteiger partial charge in [-0.15, -0.1) is 0 Å². The van der Waals surface area contributed by atoms with E-state index >= 15 is 0 Å². The molecule has 3 aliphatic heterocycles. The smallest absolute Gasteiger partial charge is 0.312 e. The van der Waals surface area contributed by atoms with Crippen molar-refractivity contribution in [2.45, 2.75) is 12.3 Å². The number of benzene rings is 3. The van der Waals surface area contributed by atoms with Gasteiger partial charge >= 0.3 is 5.97 Å². The van der Waals surface area contributed by atoms with Gasteiger partial charge in [-0.2, -0.15) is 0 Å². The molecule has 1 N–H and O–H groups in total. The topological polar surface area (TPSA) is 101 Å². The monoisotopic (exact) mass is 472 g/mol. The molecule has 0 bridgehead atoms. The Bertz CT molecular complexity index is 1420. The number of methoxy groups -OCH3 is 1. The molecule has 3 heterocycles. The molecular weight excluding hydrogens is 452 g/mol. The maximum atomic E-state index is 13.2. The van der Waals surface area contributed by atoms with Crippen LogP contribution in [-0.2, 0) is 4.79 Å². The van der Waals surface area contributed by atoms with Gasteiger partial charge in [-0.3, -0.25) is 9.59 Å². The standard InChI is InChI=1S/C27H20O8/c1-31-19-6-3-15(12-18(19)28)17-13-24(29)34-21-7-4-16-26(30)23(35-27(16)25(17)21)11-14-2-5-20-22(10-14)33-9-8-32-20/h2-7,10-12,17,28H,8-9,13H2,1H3/b23-11-. The number of ether oxygens (including phenoxy) is 5. The number of carbonyl (C=O) groups excluding carboxylic acids is 2. The predicted molar refractivity (Wildman–Crippen MR) is 124 cm³/mol. The highest BCUT2D eigenvalue weighted by Gasteiger charge is 2.38. The Morgan fingerprint density at radius 2 is 1.74 bits per heavy atom. The summed E-state index contributed by atoms with van der Waals surface area (Å²) in [5, 5.41) is 10.3. The third-order valence-corrected chi connectivity index (χ3v) is 6.25. The number of hydrogen-bond donors (Lipinski definition) is 1. The number of esters is 1. The van der Waals surface area contributed by atoms with Crippen molar-refractivity contribution < 1.29 is 38.4 Å². The lowest BCUT2D eigenvalue weighted by atomic mass is 9.84. The molecule has 176 valence electrons. The van der Waals surface area contributed by atoms with Gasteiger partial charge in [0.25, 0.3) is 0 Å². The number of carbonyl (C=O) groups is 2. The summed E-state index contributed by atoms with van der Waals surface area (Å²) in [6.07, 6.45) is 1.68. The van der Waals surface area contributed by atoms with E-state index < -0.39 is 11.9 Å². The van der Waals surface area contributed by atoms with Crippen molar-refractivity contribution in [1.29, 1.82) is 0 Å². The highest BCUT2D eigenvalue weighted by Crippen LogP contribution is 2.49. The SMILES string of the molecule is COc1ccc(C2CC(=O)Oc3ccc4c(c32)O/C(=C\c2ccc3c(c2)OCCO3)C4=O)cc1O. The lowest BCUT2D eigenvalue weighted by Gasteiger charge is -2.26. The lowest BCUT2D eigenvalue weighted by Crippen LogP contribution is -2.21. The summed E-state index contributed by atoms with van der Waals surface area (Å²) in [6, 6.07) is 13.6. The average molecular weight is 472 g/mol. The first-order valence-corrected chi connectivity index (χ1v) is 11.1. The summed E-state index contributed by atoms with van der Waals surface area (Å²) >= 11 is 0. The Morgan fingerprint density at radius 3 is 2.54 bits per heavy atom. The first-order chi connectivity index (χ1) is 17.0. The van der Waals surface area contributed by atoms with Crippen LogP contribution >= 0.6 is 0 Å². The van der Waals surface area contributed by atoms with Crippen molar-refractivity contribution in [3.05, 3.63) is 76.5 Å². The van der Waals surface area contributed by atoms with E-state index in [0.29, 0.717) is 58.7 Å². The van der Waals surface area contributed by atoms with E-state index in [2.05, 4.69) is 0 Å². The van der Waals surface area contributed by atoms with Crippen molar-refractivity contribution in [2.75, 3.05) is 20.3 Å². The number of phenols is 1. The van der Waals surface area contributed by atoms with Gasteiger partial charge in [0, 0.05) is 11.5 Å². The molecule has 0 aromatic heterocycles.